The molecular formula is C17H20N2O5. The number of ether oxygens (including phenoxy) is 1. The van der Waals surface area contributed by atoms with Crippen molar-refractivity contribution in [2.45, 2.75) is 37.9 Å². The van der Waals surface area contributed by atoms with E-state index in [2.05, 4.69) is 5.32 Å². The number of nitrogens with one attached hydrogen (secondary N) is 1. The predicted molar refractivity (Wildman–Crippen MR) is 85.7 cm³/mol. The Balaban J connectivity index is 1.57. The molecule has 2 saturated heterocycles. The number of carbonyl (C=O) groups excluding carboxylic acids is 2. The van der Waals surface area contributed by atoms with Crippen LogP contribution >= 0.6 is 0 Å². The summed E-state index contributed by atoms with van der Waals surface area (Å²) >= 11 is 0. The third-order valence-electron chi connectivity index (χ3n) is 4.38. The van der Waals surface area contributed by atoms with Crippen molar-refractivity contribution < 1.29 is 24.2 Å². The topological polar surface area (TPSA) is 95.9 Å². The number of aliphatic carboxylic acids is 1. The largest absolute Gasteiger partial charge is 0.479 e. The maximum Gasteiger partial charge on any atom is 0.332 e. The summed E-state index contributed by atoms with van der Waals surface area (Å²) in [4.78, 5) is 37.0. The van der Waals surface area contributed by atoms with Gasteiger partial charge in [0.1, 0.15) is 6.10 Å². The minimum atomic E-state index is -1.05. The number of carbonyl (C=O) groups is 3. The molecule has 2 aliphatic rings. The highest BCUT2D eigenvalue weighted by molar-refractivity contribution is 5.97. The van der Waals surface area contributed by atoms with Crippen molar-refractivity contribution in [2.24, 2.45) is 0 Å². The zero-order valence-electron chi connectivity index (χ0n) is 13.2. The maximum atomic E-state index is 12.3. The quantitative estimate of drug-likeness (QED) is 0.871. The van der Waals surface area contributed by atoms with Gasteiger partial charge in [0.25, 0.3) is 11.8 Å². The molecule has 3 rings (SSSR count). The van der Waals surface area contributed by atoms with Crippen molar-refractivity contribution in [3.05, 3.63) is 29.8 Å². The summed E-state index contributed by atoms with van der Waals surface area (Å²) < 4.78 is 5.21. The molecule has 1 aromatic carbocycles. The van der Waals surface area contributed by atoms with Crippen LogP contribution in [-0.2, 0) is 14.3 Å². The third-order valence-corrected chi connectivity index (χ3v) is 4.38. The molecule has 2 fully saturated rings. The van der Waals surface area contributed by atoms with Crippen LogP contribution in [0.3, 0.4) is 0 Å². The first kappa shape index (κ1) is 16.4. The van der Waals surface area contributed by atoms with Crippen molar-refractivity contribution in [2.75, 3.05) is 18.4 Å². The fraction of sp³-hybridized carbons (Fsp3) is 0.471. The highest BCUT2D eigenvalue weighted by Crippen LogP contribution is 2.22. The third kappa shape index (κ3) is 3.56. The molecule has 0 aliphatic carbocycles. The summed E-state index contributed by atoms with van der Waals surface area (Å²) in [7, 11) is 0. The van der Waals surface area contributed by atoms with E-state index >= 15 is 0 Å². The zero-order valence-corrected chi connectivity index (χ0v) is 13.2. The molecule has 7 heteroatoms. The summed E-state index contributed by atoms with van der Waals surface area (Å²) in [5, 5.41) is 11.6. The fourth-order valence-electron chi connectivity index (χ4n) is 3.03. The Morgan fingerprint density at radius 3 is 2.25 bits per heavy atom. The lowest BCUT2D eigenvalue weighted by molar-refractivity contribution is -0.150. The summed E-state index contributed by atoms with van der Waals surface area (Å²) in [6.45, 7) is 1.59. The van der Waals surface area contributed by atoms with Gasteiger partial charge < -0.3 is 20.1 Å². The van der Waals surface area contributed by atoms with Gasteiger partial charge in [0.2, 0.25) is 0 Å². The van der Waals surface area contributed by atoms with Crippen LogP contribution in [0.2, 0.25) is 0 Å². The molecule has 0 saturated carbocycles. The van der Waals surface area contributed by atoms with Crippen molar-refractivity contribution in [3.8, 4) is 0 Å². The number of benzene rings is 1. The van der Waals surface area contributed by atoms with Crippen LogP contribution in [0.5, 0.6) is 0 Å². The Labute approximate surface area is 139 Å². The van der Waals surface area contributed by atoms with E-state index < -0.39 is 18.2 Å². The van der Waals surface area contributed by atoms with Crippen LogP contribution in [0.1, 0.15) is 36.0 Å². The molecule has 0 unspecified atom stereocenters. The first-order valence-corrected chi connectivity index (χ1v) is 8.13. The molecule has 128 valence electrons. The molecule has 0 aromatic heterocycles. The van der Waals surface area contributed by atoms with Gasteiger partial charge in [-0.1, -0.05) is 0 Å². The van der Waals surface area contributed by atoms with Crippen LogP contribution in [0, 0.1) is 0 Å². The van der Waals surface area contributed by atoms with E-state index in [0.717, 1.165) is 25.9 Å². The highest BCUT2D eigenvalue weighted by Gasteiger charge is 2.34. The Bertz CT molecular complexity index is 637. The standard InChI is InChI=1S/C17H20N2O5/c20-15(13-7-8-14(24-13)17(22)23)18-12-5-3-11(4-6-12)16(21)19-9-1-2-10-19/h3-6,13-14H,1-2,7-10H2,(H,18,20)(H,22,23)/t13-,14+/m0/s1. The van der Waals surface area contributed by atoms with Crippen molar-refractivity contribution in [1.29, 1.82) is 0 Å². The van der Waals surface area contributed by atoms with Gasteiger partial charge in [0.05, 0.1) is 0 Å². The molecule has 24 heavy (non-hydrogen) atoms. The average molecular weight is 332 g/mol. The average Bonchev–Trinajstić information content (AvgIpc) is 3.26. The molecule has 0 bridgehead atoms. The Kier molecular flexibility index (Phi) is 4.80. The number of carboxylic acids is 1. The van der Waals surface area contributed by atoms with E-state index in [4.69, 9.17) is 9.84 Å². The number of likely N-dealkylation sites (tertiary alicyclic amines) is 1. The molecule has 0 spiro atoms. The van der Waals surface area contributed by atoms with Crippen molar-refractivity contribution >= 4 is 23.5 Å². The zero-order chi connectivity index (χ0) is 17.1. The Morgan fingerprint density at radius 2 is 1.67 bits per heavy atom. The normalized spacial score (nSPS) is 23.2. The summed E-state index contributed by atoms with van der Waals surface area (Å²) in [6.07, 6.45) is 1.13. The number of carboxylic acid groups (broad SMARTS) is 1. The molecule has 2 N–H and O–H groups in total. The van der Waals surface area contributed by atoms with Crippen LogP contribution in [0.4, 0.5) is 5.69 Å². The van der Waals surface area contributed by atoms with E-state index in [9.17, 15) is 14.4 Å². The SMILES string of the molecule is O=C(Nc1ccc(C(=O)N2CCCC2)cc1)[C@@H]1CC[C@H](C(=O)O)O1. The van der Waals surface area contributed by atoms with Gasteiger partial charge in [-0.3, -0.25) is 9.59 Å². The maximum absolute atomic E-state index is 12.3. The lowest BCUT2D eigenvalue weighted by Crippen LogP contribution is -2.30. The minimum Gasteiger partial charge on any atom is -0.479 e. The van der Waals surface area contributed by atoms with Gasteiger partial charge in [0.15, 0.2) is 6.10 Å². The number of hydrogen-bond acceptors (Lipinski definition) is 4. The lowest BCUT2D eigenvalue weighted by Gasteiger charge is -2.16. The van der Waals surface area contributed by atoms with Gasteiger partial charge in [-0.25, -0.2) is 4.79 Å². The predicted octanol–water partition coefficient (Wildman–Crippen LogP) is 1.49. The van der Waals surface area contributed by atoms with E-state index in [1.54, 1.807) is 24.3 Å². The minimum absolute atomic E-state index is 0.00815. The smallest absolute Gasteiger partial charge is 0.332 e. The molecule has 1 aromatic rings. The van der Waals surface area contributed by atoms with Crippen molar-refractivity contribution in [1.82, 2.24) is 4.90 Å². The lowest BCUT2D eigenvalue weighted by atomic mass is 10.1. The second kappa shape index (κ2) is 7.00. The molecule has 2 heterocycles. The molecule has 2 atom stereocenters. The highest BCUT2D eigenvalue weighted by atomic mass is 16.5. The molecule has 7 nitrogen and oxygen atoms in total. The van der Waals surface area contributed by atoms with E-state index in [-0.39, 0.29) is 11.8 Å². The molecule has 0 radical (unpaired) electrons. The second-order valence-corrected chi connectivity index (χ2v) is 6.09. The van der Waals surface area contributed by atoms with Gasteiger partial charge in [-0.2, -0.15) is 0 Å². The number of hydrogen-bond donors (Lipinski definition) is 2. The molecule has 2 amide bonds. The molecule has 2 aliphatic heterocycles. The fourth-order valence-corrected chi connectivity index (χ4v) is 3.03. The first-order chi connectivity index (χ1) is 11.5. The van der Waals surface area contributed by atoms with Gasteiger partial charge in [-0.05, 0) is 49.9 Å². The first-order valence-electron chi connectivity index (χ1n) is 8.13. The van der Waals surface area contributed by atoms with Gasteiger partial charge in [0, 0.05) is 24.3 Å². The monoisotopic (exact) mass is 332 g/mol. The van der Waals surface area contributed by atoms with Crippen LogP contribution in [-0.4, -0.2) is 53.1 Å². The Hall–Kier alpha value is -2.41. The number of amides is 2. The van der Waals surface area contributed by atoms with Crippen LogP contribution in [0.15, 0.2) is 24.3 Å². The summed E-state index contributed by atoms with van der Waals surface area (Å²) in [6, 6.07) is 6.72. The number of rotatable bonds is 4. The number of nitrogens with zero attached hydrogens (tertiary/aromatic N) is 1. The van der Waals surface area contributed by atoms with Crippen molar-refractivity contribution in [3.63, 3.8) is 0 Å². The van der Waals surface area contributed by atoms with Gasteiger partial charge in [-0.15, -0.1) is 0 Å². The van der Waals surface area contributed by atoms with Crippen LogP contribution < -0.4 is 5.32 Å². The second-order valence-electron chi connectivity index (χ2n) is 6.09. The summed E-state index contributed by atoms with van der Waals surface area (Å²) in [5.74, 6) is -1.40. The van der Waals surface area contributed by atoms with Gasteiger partial charge >= 0.3 is 5.97 Å². The summed E-state index contributed by atoms with van der Waals surface area (Å²) in [5.41, 5.74) is 1.15. The van der Waals surface area contributed by atoms with E-state index in [0.29, 0.717) is 24.1 Å². The van der Waals surface area contributed by atoms with E-state index in [1.807, 2.05) is 4.90 Å². The molecular weight excluding hydrogens is 312 g/mol. The van der Waals surface area contributed by atoms with Crippen LogP contribution in [0.25, 0.3) is 0 Å². The Morgan fingerprint density at radius 1 is 1.04 bits per heavy atom. The van der Waals surface area contributed by atoms with E-state index in [1.165, 1.54) is 0 Å². The number of anilines is 1.